The van der Waals surface area contributed by atoms with E-state index < -0.39 is 0 Å². The van der Waals surface area contributed by atoms with Crippen LogP contribution in [0.15, 0.2) is 22.7 Å². The minimum Gasteiger partial charge on any atom is -0.508 e. The molecule has 2 unspecified atom stereocenters. The van der Waals surface area contributed by atoms with Gasteiger partial charge < -0.3 is 10.4 Å². The summed E-state index contributed by atoms with van der Waals surface area (Å²) in [5.74, 6) is 2.74. The van der Waals surface area contributed by atoms with Crippen LogP contribution in [0.3, 0.4) is 0 Å². The van der Waals surface area contributed by atoms with E-state index in [1.54, 1.807) is 6.07 Å². The molecule has 0 saturated carbocycles. The van der Waals surface area contributed by atoms with Gasteiger partial charge >= 0.3 is 0 Å². The highest BCUT2D eigenvalue weighted by Crippen LogP contribution is 2.29. The van der Waals surface area contributed by atoms with E-state index in [4.69, 9.17) is 0 Å². The van der Waals surface area contributed by atoms with E-state index in [0.29, 0.717) is 11.8 Å². The van der Waals surface area contributed by atoms with Gasteiger partial charge in [0, 0.05) is 22.1 Å². The van der Waals surface area contributed by atoms with E-state index in [2.05, 4.69) is 42.0 Å². The fourth-order valence-corrected chi connectivity index (χ4v) is 3.25. The zero-order valence-electron chi connectivity index (χ0n) is 11.9. The molecule has 108 valence electrons. The van der Waals surface area contributed by atoms with E-state index >= 15 is 0 Å². The maximum atomic E-state index is 10.00. The molecule has 0 bridgehead atoms. The molecule has 1 aromatic rings. The largest absolute Gasteiger partial charge is 0.508 e. The van der Waals surface area contributed by atoms with Crippen molar-refractivity contribution in [2.75, 3.05) is 11.5 Å². The zero-order valence-corrected chi connectivity index (χ0v) is 14.4. The van der Waals surface area contributed by atoms with E-state index in [-0.39, 0.29) is 6.04 Å². The average molecular weight is 346 g/mol. The first-order chi connectivity index (χ1) is 9.08. The summed E-state index contributed by atoms with van der Waals surface area (Å²) in [7, 11) is 0. The lowest BCUT2D eigenvalue weighted by Gasteiger charge is -2.23. The molecule has 0 radical (unpaired) electrons. The highest BCUT2D eigenvalue weighted by Gasteiger charge is 2.16. The minimum absolute atomic E-state index is 0.208. The lowest BCUT2D eigenvalue weighted by molar-refractivity contribution is 0.411. The molecule has 0 amide bonds. The average Bonchev–Trinajstić information content (AvgIpc) is 2.39. The second kappa shape index (κ2) is 8.88. The number of hydrogen-bond donors (Lipinski definition) is 2. The van der Waals surface area contributed by atoms with Crippen molar-refractivity contribution in [3.05, 3.63) is 28.2 Å². The summed E-state index contributed by atoms with van der Waals surface area (Å²) in [4.78, 5) is 0. The van der Waals surface area contributed by atoms with Crippen LogP contribution < -0.4 is 5.32 Å². The summed E-state index contributed by atoms with van der Waals surface area (Å²) >= 11 is 5.44. The summed E-state index contributed by atoms with van der Waals surface area (Å²) in [5.41, 5.74) is 0.979. The molecule has 0 spiro atoms. The fraction of sp³-hybridized carbons (Fsp3) is 0.600. The van der Waals surface area contributed by atoms with Crippen LogP contribution in [0.25, 0.3) is 0 Å². The first-order valence-corrected chi connectivity index (χ1v) is 8.85. The van der Waals surface area contributed by atoms with Crippen molar-refractivity contribution in [1.29, 1.82) is 0 Å². The molecule has 0 heterocycles. The highest BCUT2D eigenvalue weighted by molar-refractivity contribution is 9.10. The van der Waals surface area contributed by atoms with Crippen LogP contribution in [-0.2, 0) is 0 Å². The van der Waals surface area contributed by atoms with Gasteiger partial charge in [0.1, 0.15) is 5.75 Å². The van der Waals surface area contributed by atoms with Gasteiger partial charge in [-0.25, -0.2) is 0 Å². The Morgan fingerprint density at radius 2 is 2.11 bits per heavy atom. The molecular formula is C15H24BrNOS. The molecule has 2 N–H and O–H groups in total. The normalized spacial score (nSPS) is 14.3. The van der Waals surface area contributed by atoms with Crippen LogP contribution >= 0.6 is 27.7 Å². The Balaban J connectivity index is 2.64. The van der Waals surface area contributed by atoms with Crippen molar-refractivity contribution in [3.63, 3.8) is 0 Å². The number of thioether (sulfide) groups is 1. The van der Waals surface area contributed by atoms with E-state index in [9.17, 15) is 5.11 Å². The Labute approximate surface area is 129 Å². The second-order valence-corrected chi connectivity index (χ2v) is 7.03. The molecule has 0 aliphatic carbocycles. The van der Waals surface area contributed by atoms with Crippen LogP contribution in [0.1, 0.15) is 45.2 Å². The van der Waals surface area contributed by atoms with Gasteiger partial charge in [0.2, 0.25) is 0 Å². The van der Waals surface area contributed by atoms with Crippen LogP contribution in [0.4, 0.5) is 0 Å². The summed E-state index contributed by atoms with van der Waals surface area (Å²) in [6.07, 6.45) is 2.12. The summed E-state index contributed by atoms with van der Waals surface area (Å²) in [6, 6.07) is 6.29. The maximum Gasteiger partial charge on any atom is 0.120 e. The number of phenolic OH excluding ortho intramolecular Hbond substituents is 1. The summed E-state index contributed by atoms with van der Waals surface area (Å²) in [5, 5.41) is 13.6. The summed E-state index contributed by atoms with van der Waals surface area (Å²) in [6.45, 7) is 6.55. The number of hydrogen-bond acceptors (Lipinski definition) is 3. The standard InChI is InChI=1S/C15H24BrNOS/c1-4-14(17-11(3)8-9-19-5-2)13-10-12(16)6-7-15(13)18/h6-7,10-11,14,17-18H,4-5,8-9H2,1-3H3. The molecule has 2 nitrogen and oxygen atoms in total. The number of aromatic hydroxyl groups is 1. The molecule has 2 atom stereocenters. The van der Waals surface area contributed by atoms with Gasteiger partial charge in [-0.2, -0.15) is 11.8 Å². The molecule has 0 saturated heterocycles. The second-order valence-electron chi connectivity index (χ2n) is 4.72. The van der Waals surface area contributed by atoms with Gasteiger partial charge in [-0.15, -0.1) is 0 Å². The Hall–Kier alpha value is -0.190. The zero-order chi connectivity index (χ0) is 14.3. The van der Waals surface area contributed by atoms with Gasteiger partial charge in [-0.3, -0.25) is 0 Å². The van der Waals surface area contributed by atoms with Crippen molar-refractivity contribution in [1.82, 2.24) is 5.32 Å². The van der Waals surface area contributed by atoms with Crippen LogP contribution in [0.5, 0.6) is 5.75 Å². The van der Waals surface area contributed by atoms with Crippen molar-refractivity contribution in [2.45, 2.75) is 45.7 Å². The van der Waals surface area contributed by atoms with Crippen molar-refractivity contribution in [3.8, 4) is 5.75 Å². The molecule has 1 rings (SSSR count). The van der Waals surface area contributed by atoms with E-state index in [0.717, 1.165) is 22.9 Å². The lowest BCUT2D eigenvalue weighted by Crippen LogP contribution is -2.30. The first kappa shape index (κ1) is 16.9. The van der Waals surface area contributed by atoms with Crippen molar-refractivity contribution < 1.29 is 5.11 Å². The van der Waals surface area contributed by atoms with Crippen molar-refractivity contribution in [2.24, 2.45) is 0 Å². The fourth-order valence-electron chi connectivity index (χ4n) is 2.06. The minimum atomic E-state index is 0.208. The molecule has 0 aliphatic heterocycles. The van der Waals surface area contributed by atoms with E-state index in [1.807, 2.05) is 23.9 Å². The van der Waals surface area contributed by atoms with Gasteiger partial charge in [0.05, 0.1) is 0 Å². The highest BCUT2D eigenvalue weighted by atomic mass is 79.9. The number of phenols is 1. The molecule has 1 aromatic carbocycles. The lowest BCUT2D eigenvalue weighted by atomic mass is 10.0. The monoisotopic (exact) mass is 345 g/mol. The van der Waals surface area contributed by atoms with E-state index in [1.165, 1.54) is 11.5 Å². The third-order valence-electron chi connectivity index (χ3n) is 3.16. The SMILES string of the molecule is CCSCCC(C)NC(CC)c1cc(Br)ccc1O. The Morgan fingerprint density at radius 1 is 1.37 bits per heavy atom. The van der Waals surface area contributed by atoms with Crippen LogP contribution in [-0.4, -0.2) is 22.7 Å². The number of nitrogens with one attached hydrogen (secondary N) is 1. The quantitative estimate of drug-likeness (QED) is 0.668. The van der Waals surface area contributed by atoms with Crippen molar-refractivity contribution >= 4 is 27.7 Å². The predicted octanol–water partition coefficient (Wildman–Crippen LogP) is 4.73. The topological polar surface area (TPSA) is 32.3 Å². The molecule has 0 fully saturated rings. The smallest absolute Gasteiger partial charge is 0.120 e. The Kier molecular flexibility index (Phi) is 7.88. The molecule has 4 heteroatoms. The molecule has 0 aromatic heterocycles. The van der Waals surface area contributed by atoms with Gasteiger partial charge in [0.15, 0.2) is 0 Å². The van der Waals surface area contributed by atoms with Crippen LogP contribution in [0.2, 0.25) is 0 Å². The van der Waals surface area contributed by atoms with Crippen LogP contribution in [0, 0.1) is 0 Å². The number of rotatable bonds is 8. The Bertz CT molecular complexity index is 386. The first-order valence-electron chi connectivity index (χ1n) is 6.90. The third kappa shape index (κ3) is 5.76. The third-order valence-corrected chi connectivity index (χ3v) is 4.58. The Morgan fingerprint density at radius 3 is 2.74 bits per heavy atom. The molecule has 19 heavy (non-hydrogen) atoms. The van der Waals surface area contributed by atoms with Gasteiger partial charge in [-0.05, 0) is 49.5 Å². The predicted molar refractivity (Wildman–Crippen MR) is 89.1 cm³/mol. The number of benzene rings is 1. The molecular weight excluding hydrogens is 322 g/mol. The van der Waals surface area contributed by atoms with Gasteiger partial charge in [0.25, 0.3) is 0 Å². The number of halogens is 1. The maximum absolute atomic E-state index is 10.00. The summed E-state index contributed by atoms with van der Waals surface area (Å²) < 4.78 is 1.01. The molecule has 0 aliphatic rings. The van der Waals surface area contributed by atoms with Gasteiger partial charge in [-0.1, -0.05) is 29.8 Å².